The number of carbonyl (C=O) groups excluding carboxylic acids is 2. The molecule has 0 bridgehead atoms. The lowest BCUT2D eigenvalue weighted by atomic mass is 9.97. The zero-order valence-corrected chi connectivity index (χ0v) is 27.2. The molecule has 2 amide bonds. The lowest BCUT2D eigenvalue weighted by Gasteiger charge is -2.33. The minimum Gasteiger partial charge on any atom is -0.353 e. The van der Waals surface area contributed by atoms with E-state index in [1.807, 2.05) is 76.9 Å². The van der Waals surface area contributed by atoms with Gasteiger partial charge in [0.25, 0.3) is 11.8 Å². The van der Waals surface area contributed by atoms with Crippen molar-refractivity contribution in [2.24, 2.45) is 5.92 Å². The van der Waals surface area contributed by atoms with Crippen LogP contribution in [0, 0.1) is 12.8 Å². The predicted octanol–water partition coefficient (Wildman–Crippen LogP) is 3.78. The molecule has 1 fully saturated rings. The van der Waals surface area contributed by atoms with E-state index in [1.54, 1.807) is 17.2 Å². The minimum atomic E-state index is -0.189. The molecular formula is C35H36N12O2. The molecule has 4 aromatic heterocycles. The number of hydrogen-bond acceptors (Lipinski definition) is 9. The van der Waals surface area contributed by atoms with Gasteiger partial charge in [-0.05, 0) is 62.3 Å². The van der Waals surface area contributed by atoms with Gasteiger partial charge < -0.3 is 15.5 Å². The molecule has 2 N–H and O–H groups in total. The number of carbonyl (C=O) groups is 2. The molecule has 8 rings (SSSR count). The molecule has 2 aliphatic rings. The van der Waals surface area contributed by atoms with E-state index in [4.69, 9.17) is 5.10 Å². The molecule has 0 aliphatic carbocycles. The summed E-state index contributed by atoms with van der Waals surface area (Å²) in [6, 6.07) is 15.1. The van der Waals surface area contributed by atoms with Gasteiger partial charge in [0.1, 0.15) is 12.0 Å². The van der Waals surface area contributed by atoms with Crippen LogP contribution in [0.4, 0.5) is 11.5 Å². The maximum atomic E-state index is 13.8. The average Bonchev–Trinajstić information content (AvgIpc) is 3.94. The Labute approximate surface area is 282 Å². The molecule has 0 spiro atoms. The Morgan fingerprint density at radius 3 is 2.82 bits per heavy atom. The lowest BCUT2D eigenvalue weighted by Crippen LogP contribution is -2.41. The Kier molecular flexibility index (Phi) is 8.03. The second-order valence-electron chi connectivity index (χ2n) is 12.7. The normalized spacial score (nSPS) is 15.8. The number of nitrogens with zero attached hydrogens (tertiary/aromatic N) is 10. The first-order valence-corrected chi connectivity index (χ1v) is 16.6. The van der Waals surface area contributed by atoms with Crippen molar-refractivity contribution in [3.63, 3.8) is 0 Å². The van der Waals surface area contributed by atoms with Crippen molar-refractivity contribution in [3.8, 4) is 11.3 Å². The van der Waals surface area contributed by atoms with Crippen molar-refractivity contribution in [2.75, 3.05) is 29.9 Å². The zero-order chi connectivity index (χ0) is 33.3. The third-order valence-electron chi connectivity index (χ3n) is 9.37. The smallest absolute Gasteiger partial charge is 0.255 e. The molecule has 14 heteroatoms. The first-order valence-electron chi connectivity index (χ1n) is 16.6. The van der Waals surface area contributed by atoms with Crippen molar-refractivity contribution in [2.45, 2.75) is 45.7 Å². The van der Waals surface area contributed by atoms with Gasteiger partial charge >= 0.3 is 0 Å². The Balaban J connectivity index is 0.961. The maximum absolute atomic E-state index is 13.8. The summed E-state index contributed by atoms with van der Waals surface area (Å²) in [5, 5.41) is 28.1. The fourth-order valence-electron chi connectivity index (χ4n) is 6.88. The number of amides is 2. The number of benzene rings is 2. The van der Waals surface area contributed by atoms with Gasteiger partial charge in [-0.2, -0.15) is 5.10 Å². The summed E-state index contributed by atoms with van der Waals surface area (Å²) in [5.74, 6) is 0.784. The Bertz CT molecular complexity index is 2150. The molecule has 6 aromatic rings. The van der Waals surface area contributed by atoms with Gasteiger partial charge in [0.05, 0.1) is 29.7 Å². The SMILES string of the molecule is Cc1ccc(-c2cn(Cc3nn4c(c3C(=O)NCC3CCCN(c5nccn6cnnc56)C3)CCC4)nn2)cc1C(=O)Nc1ccccc1. The predicted molar refractivity (Wildman–Crippen MR) is 182 cm³/mol. The highest BCUT2D eigenvalue weighted by Crippen LogP contribution is 2.27. The zero-order valence-electron chi connectivity index (χ0n) is 27.2. The van der Waals surface area contributed by atoms with Gasteiger partial charge in [0, 0.05) is 55.4 Å². The highest BCUT2D eigenvalue weighted by Gasteiger charge is 2.29. The van der Waals surface area contributed by atoms with Crippen LogP contribution in [-0.2, 0) is 19.5 Å². The van der Waals surface area contributed by atoms with Crippen LogP contribution in [-0.4, -0.2) is 75.8 Å². The summed E-state index contributed by atoms with van der Waals surface area (Å²) in [6.07, 6.45) is 10.9. The number of fused-ring (bicyclic) bond motifs is 2. The summed E-state index contributed by atoms with van der Waals surface area (Å²) in [4.78, 5) is 33.7. The van der Waals surface area contributed by atoms with E-state index in [1.165, 1.54) is 0 Å². The summed E-state index contributed by atoms with van der Waals surface area (Å²) < 4.78 is 5.52. The Morgan fingerprint density at radius 2 is 1.92 bits per heavy atom. The van der Waals surface area contributed by atoms with E-state index in [0.29, 0.717) is 35.6 Å². The highest BCUT2D eigenvalue weighted by molar-refractivity contribution is 6.06. The largest absolute Gasteiger partial charge is 0.353 e. The second-order valence-corrected chi connectivity index (χ2v) is 12.7. The van der Waals surface area contributed by atoms with E-state index < -0.39 is 0 Å². The lowest BCUT2D eigenvalue weighted by molar-refractivity contribution is 0.0943. The van der Waals surface area contributed by atoms with Gasteiger partial charge in [-0.15, -0.1) is 15.3 Å². The van der Waals surface area contributed by atoms with Gasteiger partial charge in [-0.3, -0.25) is 18.7 Å². The first-order chi connectivity index (χ1) is 24.0. The summed E-state index contributed by atoms with van der Waals surface area (Å²) in [6.45, 7) is 5.20. The standard InChI is InChI=1S/C35H36N12O2/c1-23-11-12-25(17-27(23)34(48)39-26-8-3-2-4-9-26)28-20-46(43-40-28)21-29-31(30-10-6-15-47(30)42-29)35(49)37-18-24-7-5-14-44(19-24)32-33-41-38-22-45(33)16-13-36-32/h2-4,8-9,11-13,16-17,20,22,24H,5-7,10,14-15,18-19,21H2,1H3,(H,37,49)(H,39,48). The highest BCUT2D eigenvalue weighted by atomic mass is 16.2. The van der Waals surface area contributed by atoms with E-state index >= 15 is 0 Å². The fourth-order valence-corrected chi connectivity index (χ4v) is 6.88. The molecule has 6 heterocycles. The molecule has 248 valence electrons. The molecular weight excluding hydrogens is 620 g/mol. The Morgan fingerprint density at radius 1 is 1.02 bits per heavy atom. The van der Waals surface area contributed by atoms with Crippen molar-refractivity contribution >= 4 is 29.0 Å². The minimum absolute atomic E-state index is 0.110. The molecule has 14 nitrogen and oxygen atoms in total. The van der Waals surface area contributed by atoms with Crippen LogP contribution in [0.3, 0.4) is 0 Å². The molecule has 0 radical (unpaired) electrons. The van der Waals surface area contributed by atoms with Crippen LogP contribution < -0.4 is 15.5 Å². The molecule has 1 atom stereocenters. The summed E-state index contributed by atoms with van der Waals surface area (Å²) in [7, 11) is 0. The molecule has 2 aromatic carbocycles. The van der Waals surface area contributed by atoms with Crippen molar-refractivity contribution < 1.29 is 9.59 Å². The number of hydrogen-bond donors (Lipinski definition) is 2. The van der Waals surface area contributed by atoms with Crippen LogP contribution in [0.15, 0.2) is 73.4 Å². The topological polar surface area (TPSA) is 153 Å². The number of aromatic nitrogens is 9. The van der Waals surface area contributed by atoms with Crippen molar-refractivity contribution in [3.05, 3.63) is 102 Å². The second kappa shape index (κ2) is 12.9. The number of aryl methyl sites for hydroxylation is 2. The van der Waals surface area contributed by atoms with Crippen LogP contribution in [0.1, 0.15) is 56.9 Å². The molecule has 2 aliphatic heterocycles. The van der Waals surface area contributed by atoms with E-state index in [2.05, 4.69) is 41.0 Å². The van der Waals surface area contributed by atoms with Crippen LogP contribution >= 0.6 is 0 Å². The third-order valence-corrected chi connectivity index (χ3v) is 9.37. The van der Waals surface area contributed by atoms with E-state index in [-0.39, 0.29) is 17.7 Å². The van der Waals surface area contributed by atoms with Crippen LogP contribution in [0.5, 0.6) is 0 Å². The summed E-state index contributed by atoms with van der Waals surface area (Å²) >= 11 is 0. The van der Waals surface area contributed by atoms with Crippen molar-refractivity contribution in [1.82, 2.24) is 49.7 Å². The van der Waals surface area contributed by atoms with Gasteiger partial charge in [0.15, 0.2) is 5.82 Å². The van der Waals surface area contributed by atoms with Crippen LogP contribution in [0.25, 0.3) is 16.9 Å². The number of rotatable bonds is 9. The molecule has 0 saturated carbocycles. The van der Waals surface area contributed by atoms with Gasteiger partial charge in [-0.1, -0.05) is 35.5 Å². The maximum Gasteiger partial charge on any atom is 0.255 e. The number of piperidine rings is 1. The van der Waals surface area contributed by atoms with Crippen LogP contribution in [0.2, 0.25) is 0 Å². The fraction of sp³-hybridized carbons (Fsp3) is 0.314. The molecule has 49 heavy (non-hydrogen) atoms. The Hall–Kier alpha value is -5.92. The summed E-state index contributed by atoms with van der Waals surface area (Å²) in [5.41, 5.74) is 6.56. The third kappa shape index (κ3) is 6.12. The van der Waals surface area contributed by atoms with Crippen molar-refractivity contribution in [1.29, 1.82) is 0 Å². The van der Waals surface area contributed by atoms with Gasteiger partial charge in [-0.25, -0.2) is 9.67 Å². The first kappa shape index (κ1) is 30.4. The molecule has 1 saturated heterocycles. The number of para-hydroxylation sites is 1. The van der Waals surface area contributed by atoms with E-state index in [0.717, 1.165) is 79.3 Å². The number of anilines is 2. The molecule has 1 unspecified atom stereocenters. The van der Waals surface area contributed by atoms with E-state index in [9.17, 15) is 9.59 Å². The average molecular weight is 657 g/mol. The number of nitrogens with one attached hydrogen (secondary N) is 2. The van der Waals surface area contributed by atoms with Gasteiger partial charge in [0.2, 0.25) is 5.65 Å². The quantitative estimate of drug-likeness (QED) is 0.237. The monoisotopic (exact) mass is 656 g/mol.